The fourth-order valence-corrected chi connectivity index (χ4v) is 5.00. The first-order chi connectivity index (χ1) is 11.3. The molecule has 0 aromatic carbocycles. The van der Waals surface area contributed by atoms with Crippen molar-refractivity contribution in [1.82, 2.24) is 25.1 Å². The molecule has 3 aromatic heterocycles. The highest BCUT2D eigenvalue weighted by Gasteiger charge is 2.24. The average molecular weight is 367 g/mol. The Bertz CT molecular complexity index is 951. The molecule has 0 saturated heterocycles. The molecule has 0 bridgehead atoms. The predicted molar refractivity (Wildman–Crippen MR) is 89.1 cm³/mol. The van der Waals surface area contributed by atoms with Crippen LogP contribution in [0, 0.1) is 20.8 Å². The lowest BCUT2D eigenvalue weighted by Crippen LogP contribution is -2.27. The molecule has 0 saturated carbocycles. The number of hydrogen-bond acceptors (Lipinski definition) is 7. The molecule has 24 heavy (non-hydrogen) atoms. The van der Waals surface area contributed by atoms with Crippen molar-refractivity contribution in [3.8, 4) is 10.4 Å². The molecule has 10 heteroatoms. The monoisotopic (exact) mass is 367 g/mol. The summed E-state index contributed by atoms with van der Waals surface area (Å²) in [5.41, 5.74) is 1.56. The van der Waals surface area contributed by atoms with Gasteiger partial charge in [0, 0.05) is 4.88 Å². The van der Waals surface area contributed by atoms with Crippen LogP contribution in [0.2, 0.25) is 0 Å². The smallest absolute Gasteiger partial charge is 0.250 e. The molecule has 2 N–H and O–H groups in total. The highest BCUT2D eigenvalue weighted by Crippen LogP contribution is 2.34. The Morgan fingerprint density at radius 3 is 2.62 bits per heavy atom. The van der Waals surface area contributed by atoms with Gasteiger partial charge in [-0.2, -0.15) is 9.82 Å². The second kappa shape index (κ2) is 6.11. The summed E-state index contributed by atoms with van der Waals surface area (Å²) in [4.78, 5) is 4.95. The van der Waals surface area contributed by atoms with Gasteiger partial charge in [-0.25, -0.2) is 13.4 Å². The maximum Gasteiger partial charge on any atom is 0.250 e. The van der Waals surface area contributed by atoms with Gasteiger partial charge in [0.25, 0.3) is 10.0 Å². The first-order valence-corrected chi connectivity index (χ1v) is 9.52. The maximum absolute atomic E-state index is 12.6. The van der Waals surface area contributed by atoms with Gasteiger partial charge >= 0.3 is 0 Å². The van der Waals surface area contributed by atoms with Gasteiger partial charge in [0.05, 0.1) is 17.3 Å². The summed E-state index contributed by atoms with van der Waals surface area (Å²) in [7, 11) is -3.67. The molecule has 8 nitrogen and oxygen atoms in total. The van der Waals surface area contributed by atoms with Crippen molar-refractivity contribution in [3.05, 3.63) is 35.2 Å². The molecule has 0 radical (unpaired) electrons. The third kappa shape index (κ3) is 3.12. The van der Waals surface area contributed by atoms with E-state index in [9.17, 15) is 8.42 Å². The van der Waals surface area contributed by atoms with Crippen LogP contribution in [-0.4, -0.2) is 28.8 Å². The first-order valence-electron chi connectivity index (χ1n) is 7.22. The van der Waals surface area contributed by atoms with Crippen LogP contribution in [0.4, 0.5) is 0 Å². The zero-order valence-corrected chi connectivity index (χ0v) is 15.2. The van der Waals surface area contributed by atoms with E-state index in [1.54, 1.807) is 32.9 Å². The van der Waals surface area contributed by atoms with Crippen LogP contribution in [0.25, 0.3) is 10.4 Å². The molecule has 3 rings (SSSR count). The Morgan fingerprint density at radius 2 is 2.04 bits per heavy atom. The number of nitrogens with zero attached hydrogens (tertiary/aromatic N) is 3. The number of aromatic nitrogens is 4. The highest BCUT2D eigenvalue weighted by molar-refractivity contribution is 7.91. The van der Waals surface area contributed by atoms with E-state index in [1.807, 2.05) is 6.92 Å². The lowest BCUT2D eigenvalue weighted by atomic mass is 10.2. The summed E-state index contributed by atoms with van der Waals surface area (Å²) in [5, 5.41) is 10.6. The Morgan fingerprint density at radius 1 is 1.29 bits per heavy atom. The van der Waals surface area contributed by atoms with Crippen molar-refractivity contribution >= 4 is 21.4 Å². The second-order valence-electron chi connectivity index (χ2n) is 5.44. The fourth-order valence-electron chi connectivity index (χ4n) is 2.33. The number of nitrogens with one attached hydrogen (secondary N) is 2. The molecule has 1 unspecified atom stereocenters. The van der Waals surface area contributed by atoms with Crippen LogP contribution >= 0.6 is 11.3 Å². The Balaban J connectivity index is 1.86. The molecular formula is C14H17N5O3S2. The largest absolute Gasteiger partial charge is 0.361 e. The van der Waals surface area contributed by atoms with Crippen molar-refractivity contribution in [2.24, 2.45) is 0 Å². The summed E-state index contributed by atoms with van der Waals surface area (Å²) < 4.78 is 33.1. The predicted octanol–water partition coefficient (Wildman–Crippen LogP) is 2.49. The third-order valence-electron chi connectivity index (χ3n) is 3.46. The molecule has 0 aliphatic heterocycles. The fraction of sp³-hybridized carbons (Fsp3) is 0.357. The summed E-state index contributed by atoms with van der Waals surface area (Å²) >= 11 is 1.17. The van der Waals surface area contributed by atoms with E-state index in [-0.39, 0.29) is 4.21 Å². The van der Waals surface area contributed by atoms with Crippen LogP contribution < -0.4 is 4.72 Å². The molecule has 128 valence electrons. The quantitative estimate of drug-likeness (QED) is 0.716. The number of sulfonamides is 1. The van der Waals surface area contributed by atoms with Gasteiger partial charge < -0.3 is 4.52 Å². The minimum Gasteiger partial charge on any atom is -0.361 e. The Kier molecular flexibility index (Phi) is 4.28. The van der Waals surface area contributed by atoms with E-state index < -0.39 is 16.1 Å². The number of aromatic amines is 1. The number of rotatable bonds is 5. The van der Waals surface area contributed by atoms with Gasteiger partial charge in [0.15, 0.2) is 5.82 Å². The molecular weight excluding hydrogens is 350 g/mol. The van der Waals surface area contributed by atoms with Crippen molar-refractivity contribution in [2.75, 3.05) is 0 Å². The summed E-state index contributed by atoms with van der Waals surface area (Å²) in [5.74, 6) is 1.70. The van der Waals surface area contributed by atoms with E-state index in [0.29, 0.717) is 17.4 Å². The van der Waals surface area contributed by atoms with E-state index in [2.05, 4.69) is 25.1 Å². The zero-order valence-electron chi connectivity index (χ0n) is 13.6. The van der Waals surface area contributed by atoms with Crippen molar-refractivity contribution < 1.29 is 12.9 Å². The average Bonchev–Trinajstić information content (AvgIpc) is 3.20. The van der Waals surface area contributed by atoms with E-state index in [4.69, 9.17) is 4.52 Å². The van der Waals surface area contributed by atoms with Crippen LogP contribution in [0.1, 0.15) is 36.1 Å². The van der Waals surface area contributed by atoms with Gasteiger partial charge in [0.1, 0.15) is 15.8 Å². The summed E-state index contributed by atoms with van der Waals surface area (Å²) in [6, 6.07) is 2.79. The van der Waals surface area contributed by atoms with E-state index >= 15 is 0 Å². The summed E-state index contributed by atoms with van der Waals surface area (Å²) in [6.45, 7) is 7.08. The normalized spacial score (nSPS) is 13.3. The number of H-pyrrole nitrogens is 1. The lowest BCUT2D eigenvalue weighted by molar-refractivity contribution is 0.393. The minimum absolute atomic E-state index is 0.219. The van der Waals surface area contributed by atoms with Crippen molar-refractivity contribution in [3.63, 3.8) is 0 Å². The van der Waals surface area contributed by atoms with Crippen LogP contribution in [0.3, 0.4) is 0 Å². The Hall–Kier alpha value is -2.04. The zero-order chi connectivity index (χ0) is 17.5. The molecule has 0 spiro atoms. The topological polar surface area (TPSA) is 114 Å². The number of hydrogen-bond donors (Lipinski definition) is 2. The highest BCUT2D eigenvalue weighted by atomic mass is 32.2. The van der Waals surface area contributed by atoms with Gasteiger partial charge in [-0.1, -0.05) is 5.16 Å². The first kappa shape index (κ1) is 16.8. The third-order valence-corrected chi connectivity index (χ3v) is 6.59. The van der Waals surface area contributed by atoms with Crippen LogP contribution in [0.15, 0.2) is 20.9 Å². The summed E-state index contributed by atoms with van der Waals surface area (Å²) in [6.07, 6.45) is 0. The van der Waals surface area contributed by atoms with E-state index in [0.717, 1.165) is 16.1 Å². The SMILES string of the molecule is Cc1nc(C(C)NS(=O)(=O)c2ccc(-c3c(C)noc3C)s2)n[nH]1. The molecule has 3 aromatic rings. The molecule has 3 heterocycles. The van der Waals surface area contributed by atoms with Gasteiger partial charge in [0.2, 0.25) is 0 Å². The Labute approximate surface area is 143 Å². The van der Waals surface area contributed by atoms with Crippen molar-refractivity contribution in [1.29, 1.82) is 0 Å². The molecule has 0 aliphatic carbocycles. The van der Waals surface area contributed by atoms with Gasteiger partial charge in [-0.3, -0.25) is 5.10 Å². The minimum atomic E-state index is -3.67. The van der Waals surface area contributed by atoms with Crippen LogP contribution in [-0.2, 0) is 10.0 Å². The number of thiophene rings is 1. The van der Waals surface area contributed by atoms with Crippen LogP contribution in [0.5, 0.6) is 0 Å². The number of aryl methyl sites for hydroxylation is 3. The maximum atomic E-state index is 12.6. The lowest BCUT2D eigenvalue weighted by Gasteiger charge is -2.09. The molecule has 0 fully saturated rings. The second-order valence-corrected chi connectivity index (χ2v) is 8.46. The molecule has 0 aliphatic rings. The molecule has 1 atom stereocenters. The van der Waals surface area contributed by atoms with Crippen molar-refractivity contribution in [2.45, 2.75) is 37.9 Å². The molecule has 0 amide bonds. The van der Waals surface area contributed by atoms with Gasteiger partial charge in [-0.05, 0) is 39.8 Å². The van der Waals surface area contributed by atoms with Gasteiger partial charge in [-0.15, -0.1) is 11.3 Å². The van der Waals surface area contributed by atoms with E-state index in [1.165, 1.54) is 11.3 Å². The standard InChI is InChI=1S/C14H17N5O3S2/c1-7-13(9(3)22-18-7)11-5-6-12(23-11)24(20,21)19-8(2)14-15-10(4)16-17-14/h5-6,8,19H,1-4H3,(H,15,16,17).